The highest BCUT2D eigenvalue weighted by atomic mass is 28.3. The van der Waals surface area contributed by atoms with Crippen molar-refractivity contribution >= 4 is 9.04 Å². The molecule has 2 heteroatoms. The summed E-state index contributed by atoms with van der Waals surface area (Å²) in [7, 11) is -0.943. The van der Waals surface area contributed by atoms with Gasteiger partial charge in [0.25, 0.3) is 0 Å². The molecule has 17 heavy (non-hydrogen) atoms. The Balaban J connectivity index is 2.79. The molecule has 1 aliphatic rings. The van der Waals surface area contributed by atoms with Gasteiger partial charge in [0.05, 0.1) is 5.76 Å². The molecular weight excluding hydrogens is 224 g/mol. The van der Waals surface area contributed by atoms with Gasteiger partial charge in [-0.2, -0.15) is 0 Å². The molecule has 0 heterocycles. The van der Waals surface area contributed by atoms with Crippen LogP contribution < -0.4 is 0 Å². The van der Waals surface area contributed by atoms with Crippen molar-refractivity contribution in [2.75, 3.05) is 0 Å². The van der Waals surface area contributed by atoms with Gasteiger partial charge in [0.15, 0.2) is 0 Å². The van der Waals surface area contributed by atoms with Gasteiger partial charge in [-0.1, -0.05) is 40.0 Å². The van der Waals surface area contributed by atoms with E-state index in [1.165, 1.54) is 37.9 Å². The first-order valence-electron chi connectivity index (χ1n) is 7.27. The molecule has 0 N–H and O–H groups in total. The van der Waals surface area contributed by atoms with Crippen LogP contribution in [0.2, 0.25) is 13.1 Å². The summed E-state index contributed by atoms with van der Waals surface area (Å²) in [5.41, 5.74) is 0.373. The lowest BCUT2D eigenvalue weighted by atomic mass is 9.77. The van der Waals surface area contributed by atoms with Gasteiger partial charge in [-0.3, -0.25) is 0 Å². The molecule has 1 aliphatic carbocycles. The van der Waals surface area contributed by atoms with Crippen LogP contribution in [0.25, 0.3) is 0 Å². The summed E-state index contributed by atoms with van der Waals surface area (Å²) in [4.78, 5) is 0. The summed E-state index contributed by atoms with van der Waals surface area (Å²) in [6.45, 7) is 11.6. The molecule has 0 radical (unpaired) electrons. The zero-order valence-electron chi connectivity index (χ0n) is 12.4. The Kier molecular flexibility index (Phi) is 5.77. The van der Waals surface area contributed by atoms with Crippen LogP contribution in [0.5, 0.6) is 0 Å². The van der Waals surface area contributed by atoms with Crippen molar-refractivity contribution < 1.29 is 4.43 Å². The van der Waals surface area contributed by atoms with Crippen molar-refractivity contribution in [1.82, 2.24) is 0 Å². The third-order valence-electron chi connectivity index (χ3n) is 3.57. The second-order valence-corrected chi connectivity index (χ2v) is 9.06. The molecule has 1 atom stereocenters. The van der Waals surface area contributed by atoms with E-state index in [9.17, 15) is 0 Å². The second kappa shape index (κ2) is 6.63. The van der Waals surface area contributed by atoms with Crippen LogP contribution in [0.1, 0.15) is 59.3 Å². The lowest BCUT2D eigenvalue weighted by Crippen LogP contribution is -2.19. The molecule has 0 aromatic heterocycles. The third-order valence-corrected chi connectivity index (χ3v) is 4.35. The predicted octanol–water partition coefficient (Wildman–Crippen LogP) is 4.89. The summed E-state index contributed by atoms with van der Waals surface area (Å²) in [5.74, 6) is 1.98. The Labute approximate surface area is 109 Å². The molecule has 0 fully saturated rings. The number of hydrogen-bond acceptors (Lipinski definition) is 1. The first-order valence-corrected chi connectivity index (χ1v) is 10.0. The van der Waals surface area contributed by atoms with Crippen molar-refractivity contribution in [3.8, 4) is 0 Å². The summed E-state index contributed by atoms with van der Waals surface area (Å²) in [6, 6.07) is 0. The van der Waals surface area contributed by atoms with Gasteiger partial charge in [0.1, 0.15) is 0 Å². The smallest absolute Gasteiger partial charge is 0.229 e. The number of rotatable bonds is 2. The van der Waals surface area contributed by atoms with E-state index in [2.05, 4.69) is 39.9 Å². The van der Waals surface area contributed by atoms with Crippen molar-refractivity contribution in [1.29, 1.82) is 0 Å². The highest BCUT2D eigenvalue weighted by molar-refractivity contribution is 6.48. The molecule has 1 rings (SSSR count). The molecule has 0 aliphatic heterocycles. The fourth-order valence-corrected chi connectivity index (χ4v) is 3.29. The molecule has 0 bridgehead atoms. The van der Waals surface area contributed by atoms with Crippen LogP contribution in [-0.4, -0.2) is 9.04 Å². The van der Waals surface area contributed by atoms with Gasteiger partial charge < -0.3 is 4.43 Å². The Bertz CT molecular complexity index is 250. The van der Waals surface area contributed by atoms with E-state index >= 15 is 0 Å². The van der Waals surface area contributed by atoms with Crippen LogP contribution >= 0.6 is 0 Å². The Morgan fingerprint density at radius 2 is 1.76 bits per heavy atom. The van der Waals surface area contributed by atoms with Gasteiger partial charge in [0.2, 0.25) is 9.04 Å². The minimum Gasteiger partial charge on any atom is -0.550 e. The van der Waals surface area contributed by atoms with Crippen molar-refractivity contribution in [2.24, 2.45) is 11.3 Å². The topological polar surface area (TPSA) is 9.23 Å². The van der Waals surface area contributed by atoms with E-state index in [4.69, 9.17) is 4.43 Å². The normalized spacial score (nSPS) is 26.7. The van der Waals surface area contributed by atoms with Crippen LogP contribution in [0.4, 0.5) is 0 Å². The van der Waals surface area contributed by atoms with Crippen molar-refractivity contribution in [3.63, 3.8) is 0 Å². The Morgan fingerprint density at radius 3 is 2.35 bits per heavy atom. The maximum absolute atomic E-state index is 6.11. The molecule has 0 amide bonds. The molecular formula is C15H30OSi. The van der Waals surface area contributed by atoms with Gasteiger partial charge >= 0.3 is 0 Å². The zero-order valence-corrected chi connectivity index (χ0v) is 13.5. The summed E-state index contributed by atoms with van der Waals surface area (Å²) in [5, 5.41) is 0. The van der Waals surface area contributed by atoms with E-state index in [1.807, 2.05) is 0 Å². The molecule has 1 unspecified atom stereocenters. The minimum absolute atomic E-state index is 0.373. The fourth-order valence-electron chi connectivity index (χ4n) is 2.49. The Hall–Kier alpha value is -0.243. The largest absolute Gasteiger partial charge is 0.550 e. The SMILES string of the molecule is C[SiH](C)O/C1=C/C(C(C)(C)C)CCCCCC1. The lowest BCUT2D eigenvalue weighted by Gasteiger charge is -2.29. The molecule has 0 aromatic rings. The van der Waals surface area contributed by atoms with Crippen LogP contribution in [0.15, 0.2) is 11.8 Å². The van der Waals surface area contributed by atoms with Crippen molar-refractivity contribution in [3.05, 3.63) is 11.8 Å². The maximum Gasteiger partial charge on any atom is 0.229 e. The van der Waals surface area contributed by atoms with Gasteiger partial charge in [-0.15, -0.1) is 0 Å². The average Bonchev–Trinajstić information content (AvgIpc) is 2.27. The molecule has 0 aromatic carbocycles. The fraction of sp³-hybridized carbons (Fsp3) is 0.867. The van der Waals surface area contributed by atoms with Crippen molar-refractivity contribution in [2.45, 2.75) is 72.4 Å². The summed E-state index contributed by atoms with van der Waals surface area (Å²) >= 11 is 0. The standard InChI is InChI=1S/C15H30OSi/c1-15(2,3)13-10-8-6-7-9-11-14(12-13)16-17(4)5/h12-13,17H,6-11H2,1-5H3/b14-12+. The van der Waals surface area contributed by atoms with Crippen LogP contribution in [0.3, 0.4) is 0 Å². The molecule has 0 saturated heterocycles. The van der Waals surface area contributed by atoms with E-state index in [0.29, 0.717) is 11.3 Å². The Morgan fingerprint density at radius 1 is 1.12 bits per heavy atom. The van der Waals surface area contributed by atoms with Gasteiger partial charge in [-0.05, 0) is 43.3 Å². The lowest BCUT2D eigenvalue weighted by molar-refractivity contribution is 0.265. The highest BCUT2D eigenvalue weighted by Crippen LogP contribution is 2.34. The third kappa shape index (κ3) is 5.76. The van der Waals surface area contributed by atoms with Crippen LogP contribution in [0, 0.1) is 11.3 Å². The second-order valence-electron chi connectivity index (χ2n) is 6.72. The minimum atomic E-state index is -0.943. The van der Waals surface area contributed by atoms with E-state index in [0.717, 1.165) is 6.42 Å². The predicted molar refractivity (Wildman–Crippen MR) is 78.7 cm³/mol. The number of allylic oxidation sites excluding steroid dienone is 2. The van der Waals surface area contributed by atoms with Gasteiger partial charge in [0, 0.05) is 6.42 Å². The summed E-state index contributed by atoms with van der Waals surface area (Å²) in [6.07, 6.45) is 10.4. The average molecular weight is 254 g/mol. The molecule has 0 spiro atoms. The quantitative estimate of drug-likeness (QED) is 0.638. The molecule has 100 valence electrons. The first-order chi connectivity index (χ1) is 7.89. The number of hydrogen-bond donors (Lipinski definition) is 0. The zero-order chi connectivity index (χ0) is 12.9. The highest BCUT2D eigenvalue weighted by Gasteiger charge is 2.23. The van der Waals surface area contributed by atoms with Crippen LogP contribution in [-0.2, 0) is 4.43 Å². The molecule has 0 saturated carbocycles. The molecule has 1 nitrogen and oxygen atoms in total. The first kappa shape index (κ1) is 14.8. The summed E-state index contributed by atoms with van der Waals surface area (Å²) < 4.78 is 6.11. The maximum atomic E-state index is 6.11. The monoisotopic (exact) mass is 254 g/mol. The van der Waals surface area contributed by atoms with E-state index in [1.54, 1.807) is 0 Å². The van der Waals surface area contributed by atoms with E-state index in [-0.39, 0.29) is 0 Å². The van der Waals surface area contributed by atoms with Gasteiger partial charge in [-0.25, -0.2) is 0 Å². The van der Waals surface area contributed by atoms with E-state index < -0.39 is 9.04 Å².